The van der Waals surface area contributed by atoms with Crippen LogP contribution in [0, 0.1) is 5.92 Å². The zero-order valence-corrected chi connectivity index (χ0v) is 25.9. The fourth-order valence-corrected chi connectivity index (χ4v) is 6.26. The second-order valence-corrected chi connectivity index (χ2v) is 12.6. The monoisotopic (exact) mass is 595 g/mol. The maximum atomic E-state index is 13.7. The number of carbonyl (C=O) groups excluding carboxylic acids is 2. The molecule has 0 aliphatic heterocycles. The fraction of sp³-hybridized carbons (Fsp3) is 0.382. The van der Waals surface area contributed by atoms with Gasteiger partial charge < -0.3 is 20.4 Å². The Labute approximate surface area is 256 Å². The van der Waals surface area contributed by atoms with Crippen molar-refractivity contribution in [2.24, 2.45) is 5.92 Å². The molecule has 0 saturated heterocycles. The molecule has 0 radical (unpaired) electrons. The van der Waals surface area contributed by atoms with Gasteiger partial charge in [-0.25, -0.2) is 4.98 Å². The van der Waals surface area contributed by atoms with Gasteiger partial charge in [-0.3, -0.25) is 9.59 Å². The number of hydrogen-bond acceptors (Lipinski definition) is 7. The van der Waals surface area contributed by atoms with Crippen molar-refractivity contribution in [3.8, 4) is 17.1 Å². The van der Waals surface area contributed by atoms with E-state index in [1.54, 1.807) is 12.1 Å². The van der Waals surface area contributed by atoms with Crippen LogP contribution in [-0.4, -0.2) is 49.8 Å². The lowest BCUT2D eigenvalue weighted by molar-refractivity contribution is -0.333. The first-order valence-electron chi connectivity index (χ1n) is 15.4. The number of hydrogen-bond donors (Lipinski definition) is 3. The Hall–Kier alpha value is -4.73. The minimum absolute atomic E-state index is 0.0636. The third-order valence-corrected chi connectivity index (χ3v) is 8.72. The SMILES string of the molecule is CCN(CC)c1ccc(C2=C(O)/C(=c3/c(C(C)(C)C)nn4nc(-c5ccc(NC(=O)C6CCCC6)cc5)[nH+]c34)C2=O)c(O)c1. The Kier molecular flexibility index (Phi) is 7.39. The molecule has 0 unspecified atom stereocenters. The smallest absolute Gasteiger partial charge is 0.309 e. The summed E-state index contributed by atoms with van der Waals surface area (Å²) in [5.41, 5.74) is 3.50. The summed E-state index contributed by atoms with van der Waals surface area (Å²) in [5, 5.41) is 35.0. The molecule has 2 aliphatic rings. The molecule has 2 aliphatic carbocycles. The summed E-state index contributed by atoms with van der Waals surface area (Å²) in [7, 11) is 0. The van der Waals surface area contributed by atoms with E-state index in [1.807, 2.05) is 65.0 Å². The highest BCUT2D eigenvalue weighted by atomic mass is 16.3. The summed E-state index contributed by atoms with van der Waals surface area (Å²) in [6.07, 6.45) is 4.07. The molecule has 1 amide bonds. The van der Waals surface area contributed by atoms with Crippen molar-refractivity contribution in [2.45, 2.75) is 65.7 Å². The van der Waals surface area contributed by atoms with E-state index < -0.39 is 5.41 Å². The second-order valence-electron chi connectivity index (χ2n) is 12.6. The minimum atomic E-state index is -0.458. The lowest BCUT2D eigenvalue weighted by Crippen LogP contribution is -2.33. The van der Waals surface area contributed by atoms with E-state index in [0.29, 0.717) is 27.9 Å². The third kappa shape index (κ3) is 4.98. The quantitative estimate of drug-likeness (QED) is 0.284. The van der Waals surface area contributed by atoms with Gasteiger partial charge in [0.05, 0.1) is 27.0 Å². The van der Waals surface area contributed by atoms with Crippen LogP contribution in [0.25, 0.3) is 28.2 Å². The molecule has 0 bridgehead atoms. The van der Waals surface area contributed by atoms with E-state index in [9.17, 15) is 19.8 Å². The van der Waals surface area contributed by atoms with Crippen LogP contribution in [0.4, 0.5) is 11.4 Å². The second kappa shape index (κ2) is 11.1. The molecule has 0 spiro atoms. The number of carbonyl (C=O) groups is 2. The predicted octanol–water partition coefficient (Wildman–Crippen LogP) is 4.61. The van der Waals surface area contributed by atoms with E-state index in [-0.39, 0.29) is 40.3 Å². The van der Waals surface area contributed by atoms with E-state index in [0.717, 1.165) is 55.7 Å². The van der Waals surface area contributed by atoms with Crippen LogP contribution in [0.1, 0.15) is 71.6 Å². The predicted molar refractivity (Wildman–Crippen MR) is 169 cm³/mol. The summed E-state index contributed by atoms with van der Waals surface area (Å²) in [5.74, 6) is 0.0621. The van der Waals surface area contributed by atoms with Crippen molar-refractivity contribution in [2.75, 3.05) is 23.3 Å². The number of phenolic OH excluding ortho intramolecular Hbond substituents is 1. The van der Waals surface area contributed by atoms with Gasteiger partial charge in [0.2, 0.25) is 11.7 Å². The summed E-state index contributed by atoms with van der Waals surface area (Å²) in [4.78, 5) is 31.6. The van der Waals surface area contributed by atoms with Gasteiger partial charge in [-0.1, -0.05) is 38.7 Å². The Morgan fingerprint density at radius 1 is 1.02 bits per heavy atom. The first-order valence-corrected chi connectivity index (χ1v) is 15.4. The van der Waals surface area contributed by atoms with Crippen molar-refractivity contribution < 1.29 is 24.8 Å². The standard InChI is InChI=1S/C34H38N6O4/c1-6-39(7-2)22-16-17-23(24(41)18-22)25-28(42)26(29(25)43)27-30(34(3,4)5)37-40-32(27)36-31(38-40)19-12-14-21(15-13-19)35-33(44)20-10-8-9-11-20/h12-18,20,41-42H,6-11H2,1-5H3,(H,35,44)/p+1/b27-26+. The summed E-state index contributed by atoms with van der Waals surface area (Å²) in [6.45, 7) is 11.6. The maximum absolute atomic E-state index is 13.7. The normalized spacial score (nSPS) is 17.0. The molecule has 2 heterocycles. The molecule has 1 saturated carbocycles. The zero-order valence-electron chi connectivity index (χ0n) is 25.9. The van der Waals surface area contributed by atoms with Gasteiger partial charge in [0.1, 0.15) is 17.2 Å². The number of aliphatic hydroxyl groups excluding tert-OH is 1. The van der Waals surface area contributed by atoms with Crippen LogP contribution in [0.15, 0.2) is 48.2 Å². The largest absolute Gasteiger partial charge is 0.507 e. The lowest BCUT2D eigenvalue weighted by atomic mass is 9.80. The Morgan fingerprint density at radius 2 is 1.70 bits per heavy atom. The molecule has 2 aromatic carbocycles. The van der Waals surface area contributed by atoms with Crippen molar-refractivity contribution in [3.05, 3.63) is 64.7 Å². The number of aliphatic hydroxyl groups is 1. The molecule has 4 N–H and O–H groups in total. The number of aromatic amines is 1. The first-order chi connectivity index (χ1) is 21.0. The molecule has 2 aromatic heterocycles. The number of fused-ring (bicyclic) bond motifs is 1. The molecule has 0 atom stereocenters. The van der Waals surface area contributed by atoms with Crippen LogP contribution >= 0.6 is 0 Å². The average Bonchev–Trinajstić information content (AvgIpc) is 3.74. The number of phenols is 1. The number of ketones is 1. The van der Waals surface area contributed by atoms with E-state index >= 15 is 0 Å². The van der Waals surface area contributed by atoms with Gasteiger partial charge in [-0.05, 0) is 63.1 Å². The van der Waals surface area contributed by atoms with Crippen molar-refractivity contribution in [1.29, 1.82) is 0 Å². The molecule has 228 valence electrons. The maximum Gasteiger partial charge on any atom is 0.309 e. The van der Waals surface area contributed by atoms with Gasteiger partial charge in [0.15, 0.2) is 0 Å². The number of anilines is 2. The van der Waals surface area contributed by atoms with E-state index in [2.05, 4.69) is 20.3 Å². The molecule has 1 fully saturated rings. The van der Waals surface area contributed by atoms with Gasteiger partial charge in [0.25, 0.3) is 5.65 Å². The molecule has 10 nitrogen and oxygen atoms in total. The van der Waals surface area contributed by atoms with Crippen molar-refractivity contribution in [1.82, 2.24) is 14.8 Å². The van der Waals surface area contributed by atoms with Crippen molar-refractivity contribution in [3.63, 3.8) is 0 Å². The molecule has 44 heavy (non-hydrogen) atoms. The summed E-state index contributed by atoms with van der Waals surface area (Å²) < 4.78 is 1.46. The van der Waals surface area contributed by atoms with Crippen LogP contribution in [0.2, 0.25) is 0 Å². The fourth-order valence-electron chi connectivity index (χ4n) is 6.26. The van der Waals surface area contributed by atoms with E-state index in [4.69, 9.17) is 5.10 Å². The first kappa shape index (κ1) is 29.3. The number of H-pyrrole nitrogens is 1. The Balaban J connectivity index is 1.39. The highest BCUT2D eigenvalue weighted by Crippen LogP contribution is 2.41. The topological polar surface area (TPSA) is 134 Å². The van der Waals surface area contributed by atoms with Gasteiger partial charge >= 0.3 is 5.82 Å². The third-order valence-electron chi connectivity index (χ3n) is 8.72. The number of Topliss-reactive ketones (excluding diaryl/α,β-unsaturated/α-hetero) is 1. The van der Waals surface area contributed by atoms with Gasteiger partial charge in [-0.2, -0.15) is 0 Å². The number of aromatic nitrogens is 4. The van der Waals surface area contributed by atoms with Gasteiger partial charge in [0, 0.05) is 52.1 Å². The average molecular weight is 596 g/mol. The highest BCUT2D eigenvalue weighted by molar-refractivity contribution is 6.52. The van der Waals surface area contributed by atoms with Crippen LogP contribution in [0.5, 0.6) is 5.75 Å². The number of allylic oxidation sites excluding steroid dienone is 2. The Morgan fingerprint density at radius 3 is 2.30 bits per heavy atom. The number of rotatable bonds is 7. The summed E-state index contributed by atoms with van der Waals surface area (Å²) >= 11 is 0. The molecular formula is C34H39N6O4+. The number of benzene rings is 2. The highest BCUT2D eigenvalue weighted by Gasteiger charge is 2.41. The number of nitrogens with zero attached hydrogens (tertiary/aromatic N) is 4. The van der Waals surface area contributed by atoms with Gasteiger partial charge in [-0.15, -0.1) is 0 Å². The minimum Gasteiger partial charge on any atom is -0.507 e. The van der Waals surface area contributed by atoms with E-state index in [1.165, 1.54) is 4.63 Å². The zero-order chi connectivity index (χ0) is 31.3. The van der Waals surface area contributed by atoms with Crippen LogP contribution in [-0.2, 0) is 15.0 Å². The number of amides is 1. The number of nitrogens with one attached hydrogen (secondary N) is 2. The lowest BCUT2D eigenvalue weighted by Gasteiger charge is -2.25. The Bertz CT molecular complexity index is 1860. The number of aromatic hydroxyl groups is 1. The van der Waals surface area contributed by atoms with Crippen LogP contribution in [0.3, 0.4) is 0 Å². The molecule has 4 aromatic rings. The summed E-state index contributed by atoms with van der Waals surface area (Å²) in [6, 6.07) is 12.6. The molecule has 6 rings (SSSR count). The van der Waals surface area contributed by atoms with Crippen LogP contribution < -0.4 is 20.4 Å². The van der Waals surface area contributed by atoms with Crippen molar-refractivity contribution >= 4 is 39.9 Å². The molecular weight excluding hydrogens is 556 g/mol. The molecule has 10 heteroatoms.